The lowest BCUT2D eigenvalue weighted by molar-refractivity contribution is -0.116. The average Bonchev–Trinajstić information content (AvgIpc) is 3.22. The highest BCUT2D eigenvalue weighted by Crippen LogP contribution is 2.45. The number of rotatable bonds is 5. The quantitative estimate of drug-likeness (QED) is 0.629. The van der Waals surface area contributed by atoms with Crippen molar-refractivity contribution in [3.05, 3.63) is 52.3 Å². The third kappa shape index (κ3) is 4.03. The second-order valence-electron chi connectivity index (χ2n) is 8.91. The molecule has 1 amide bonds. The van der Waals surface area contributed by atoms with Gasteiger partial charge in [0.15, 0.2) is 5.78 Å². The Morgan fingerprint density at radius 2 is 2.00 bits per heavy atom. The molecule has 7 nitrogen and oxygen atoms in total. The number of ether oxygens (including phenoxy) is 1. The van der Waals surface area contributed by atoms with Crippen molar-refractivity contribution < 1.29 is 14.3 Å². The van der Waals surface area contributed by atoms with Crippen molar-refractivity contribution in [2.24, 2.45) is 0 Å². The van der Waals surface area contributed by atoms with Crippen LogP contribution >= 0.6 is 17.0 Å². The van der Waals surface area contributed by atoms with Crippen molar-refractivity contribution in [3.63, 3.8) is 0 Å². The minimum absolute atomic E-state index is 0. The first-order valence-corrected chi connectivity index (χ1v) is 10.5. The van der Waals surface area contributed by atoms with Crippen LogP contribution in [-0.4, -0.2) is 47.6 Å². The van der Waals surface area contributed by atoms with E-state index in [0.717, 1.165) is 23.2 Å². The van der Waals surface area contributed by atoms with Crippen LogP contribution in [0.1, 0.15) is 60.6 Å². The van der Waals surface area contributed by atoms with Gasteiger partial charge >= 0.3 is 0 Å². The minimum Gasteiger partial charge on any atom is -0.490 e. The number of pyridine rings is 1. The van der Waals surface area contributed by atoms with Crippen LogP contribution in [0.2, 0.25) is 0 Å². The maximum Gasteiger partial charge on any atom is 0.223 e. The third-order valence-electron chi connectivity index (χ3n) is 6.17. The molecule has 1 N–H and O–H groups in total. The molecule has 32 heavy (non-hydrogen) atoms. The fraction of sp³-hybridized carbons (Fsp3) is 0.417. The molecule has 4 rings (SSSR count). The molecule has 0 saturated heterocycles. The number of amides is 1. The van der Waals surface area contributed by atoms with Crippen LogP contribution in [0.3, 0.4) is 0 Å². The summed E-state index contributed by atoms with van der Waals surface area (Å²) in [5.41, 5.74) is 4.36. The van der Waals surface area contributed by atoms with Gasteiger partial charge in [-0.3, -0.25) is 15.0 Å². The zero-order valence-electron chi connectivity index (χ0n) is 19.1. The van der Waals surface area contributed by atoms with Gasteiger partial charge in [-0.15, -0.1) is 17.0 Å². The summed E-state index contributed by atoms with van der Waals surface area (Å²) in [6, 6.07) is 7.58. The number of anilines is 1. The van der Waals surface area contributed by atoms with Gasteiger partial charge in [0.2, 0.25) is 5.91 Å². The molecule has 0 spiro atoms. The van der Waals surface area contributed by atoms with E-state index in [2.05, 4.69) is 18.8 Å². The first kappa shape index (κ1) is 23.9. The maximum absolute atomic E-state index is 13.3. The van der Waals surface area contributed by atoms with Crippen LogP contribution in [0.5, 0.6) is 5.75 Å². The Balaban J connectivity index is 0.00000289. The molecule has 0 saturated carbocycles. The molecule has 8 heteroatoms. The maximum atomic E-state index is 13.3. The molecule has 1 aromatic carbocycles. The summed E-state index contributed by atoms with van der Waals surface area (Å²) in [6.45, 7) is 8.72. The van der Waals surface area contributed by atoms with E-state index in [4.69, 9.17) is 10.1 Å². The zero-order chi connectivity index (χ0) is 22.5. The predicted octanol–water partition coefficient (Wildman–Crippen LogP) is 3.90. The van der Waals surface area contributed by atoms with Crippen LogP contribution in [-0.2, 0) is 23.2 Å². The number of hydrogen-bond donors (Lipinski definition) is 1. The summed E-state index contributed by atoms with van der Waals surface area (Å²) >= 11 is 0. The van der Waals surface area contributed by atoms with Gasteiger partial charge in [-0.25, -0.2) is 4.98 Å². The largest absolute Gasteiger partial charge is 0.490 e. The number of ketones is 1. The van der Waals surface area contributed by atoms with E-state index < -0.39 is 0 Å². The molecule has 0 unspecified atom stereocenters. The average molecular weight is 501 g/mol. The zero-order valence-corrected chi connectivity index (χ0v) is 20.8. The van der Waals surface area contributed by atoms with E-state index in [1.165, 1.54) is 11.8 Å². The molecule has 0 bridgehead atoms. The van der Waals surface area contributed by atoms with Crippen molar-refractivity contribution in [2.45, 2.75) is 46.1 Å². The summed E-state index contributed by atoms with van der Waals surface area (Å²) in [5, 5.41) is 8.51. The van der Waals surface area contributed by atoms with Crippen molar-refractivity contribution in [2.75, 3.05) is 25.1 Å². The van der Waals surface area contributed by atoms with Gasteiger partial charge < -0.3 is 14.5 Å². The van der Waals surface area contributed by atoms with E-state index in [1.54, 1.807) is 18.0 Å². The number of benzene rings is 1. The molecule has 3 heterocycles. The van der Waals surface area contributed by atoms with Gasteiger partial charge in [-0.2, -0.15) is 0 Å². The number of carbonyl (C=O) groups excluding carboxylic acids is 2. The van der Waals surface area contributed by atoms with Crippen LogP contribution in [0.4, 0.5) is 5.69 Å². The molecule has 170 valence electrons. The predicted molar refractivity (Wildman–Crippen MR) is 130 cm³/mol. The lowest BCUT2D eigenvalue weighted by Crippen LogP contribution is -2.31. The number of aromatic nitrogens is 1. The van der Waals surface area contributed by atoms with Gasteiger partial charge in [0, 0.05) is 48.3 Å². The van der Waals surface area contributed by atoms with E-state index >= 15 is 0 Å². The van der Waals surface area contributed by atoms with E-state index in [1.807, 2.05) is 25.1 Å². The smallest absolute Gasteiger partial charge is 0.223 e. The SMILES string of the molecule is Br.CCc1ccc2c(n1)C(=N)N(CC(=O)c1cc(N(C)C(C)=O)c3c(c1)C(C)(C)CO3)C2. The Kier molecular flexibility index (Phi) is 6.47. The number of hydrogen-bond acceptors (Lipinski definition) is 5. The lowest BCUT2D eigenvalue weighted by Gasteiger charge is -2.22. The summed E-state index contributed by atoms with van der Waals surface area (Å²) < 4.78 is 5.91. The van der Waals surface area contributed by atoms with Gasteiger partial charge in [-0.1, -0.05) is 26.8 Å². The van der Waals surface area contributed by atoms with Crippen LogP contribution in [0.15, 0.2) is 24.3 Å². The van der Waals surface area contributed by atoms with E-state index in [-0.39, 0.29) is 46.5 Å². The second-order valence-corrected chi connectivity index (χ2v) is 8.91. The molecule has 2 aliphatic rings. The van der Waals surface area contributed by atoms with Crippen molar-refractivity contribution >= 4 is 40.2 Å². The van der Waals surface area contributed by atoms with Crippen molar-refractivity contribution in [1.29, 1.82) is 5.41 Å². The topological polar surface area (TPSA) is 86.6 Å². The fourth-order valence-corrected chi connectivity index (χ4v) is 4.07. The molecule has 0 atom stereocenters. The highest BCUT2D eigenvalue weighted by molar-refractivity contribution is 8.93. The highest BCUT2D eigenvalue weighted by atomic mass is 79.9. The normalized spacial score (nSPS) is 15.5. The first-order chi connectivity index (χ1) is 14.6. The second kappa shape index (κ2) is 8.65. The Hall–Kier alpha value is -2.74. The van der Waals surface area contributed by atoms with E-state index in [0.29, 0.717) is 35.8 Å². The Morgan fingerprint density at radius 1 is 1.28 bits per heavy atom. The van der Waals surface area contributed by atoms with Gasteiger partial charge in [0.05, 0.1) is 18.8 Å². The number of nitrogens with zero attached hydrogens (tertiary/aromatic N) is 3. The number of fused-ring (bicyclic) bond motifs is 2. The summed E-state index contributed by atoms with van der Waals surface area (Å²) in [5.74, 6) is 0.716. The van der Waals surface area contributed by atoms with Gasteiger partial charge in [0.25, 0.3) is 0 Å². The van der Waals surface area contributed by atoms with Crippen LogP contribution in [0, 0.1) is 5.41 Å². The van der Waals surface area contributed by atoms with Gasteiger partial charge in [-0.05, 0) is 24.6 Å². The molecular weight excluding hydrogens is 472 g/mol. The molecule has 2 aliphatic heterocycles. The number of halogens is 1. The Morgan fingerprint density at radius 3 is 2.66 bits per heavy atom. The van der Waals surface area contributed by atoms with Crippen LogP contribution < -0.4 is 9.64 Å². The number of Topliss-reactive ketones (excluding diaryl/α,β-unsaturated/α-hetero) is 1. The fourth-order valence-electron chi connectivity index (χ4n) is 4.07. The summed E-state index contributed by atoms with van der Waals surface area (Å²) in [6.07, 6.45) is 0.804. The lowest BCUT2D eigenvalue weighted by atomic mass is 9.85. The minimum atomic E-state index is -0.255. The third-order valence-corrected chi connectivity index (χ3v) is 6.17. The highest BCUT2D eigenvalue weighted by Gasteiger charge is 2.36. The number of amidine groups is 1. The summed E-state index contributed by atoms with van der Waals surface area (Å²) in [4.78, 5) is 33.1. The number of nitrogens with one attached hydrogen (secondary N) is 1. The summed E-state index contributed by atoms with van der Waals surface area (Å²) in [7, 11) is 1.69. The van der Waals surface area contributed by atoms with Crippen molar-refractivity contribution in [1.82, 2.24) is 9.88 Å². The van der Waals surface area contributed by atoms with Gasteiger partial charge in [0.1, 0.15) is 17.3 Å². The Bertz CT molecular complexity index is 1110. The first-order valence-electron chi connectivity index (χ1n) is 10.5. The number of aryl methyl sites for hydroxylation is 1. The monoisotopic (exact) mass is 500 g/mol. The van der Waals surface area contributed by atoms with E-state index in [9.17, 15) is 9.59 Å². The molecule has 2 aromatic rings. The molecule has 0 fully saturated rings. The van der Waals surface area contributed by atoms with Crippen LogP contribution in [0.25, 0.3) is 0 Å². The number of carbonyl (C=O) groups is 2. The molecule has 0 radical (unpaired) electrons. The molecular formula is C24H29BrN4O3. The van der Waals surface area contributed by atoms with Crippen molar-refractivity contribution in [3.8, 4) is 5.75 Å². The molecule has 0 aliphatic carbocycles. The standard InChI is InChI=1S/C24H28N4O3.BrH/c1-6-17-8-7-15-11-28(23(25)21(15)26-17)12-20(30)16-9-18-22(31-13-24(18,3)4)19(10-16)27(5)14(2)29;/h7-10,25H,6,11-13H2,1-5H3;1H. The Labute approximate surface area is 199 Å². The molecule has 1 aromatic heterocycles.